The number of aromatic nitrogens is 1. The molecule has 5 heteroatoms. The van der Waals surface area contributed by atoms with Gasteiger partial charge in [0, 0.05) is 21.4 Å². The van der Waals surface area contributed by atoms with Crippen LogP contribution < -0.4 is 5.32 Å². The van der Waals surface area contributed by atoms with Gasteiger partial charge in [-0.05, 0) is 47.7 Å². The molecule has 0 saturated heterocycles. The van der Waals surface area contributed by atoms with Crippen LogP contribution in [0.15, 0.2) is 23.7 Å². The van der Waals surface area contributed by atoms with Gasteiger partial charge in [-0.2, -0.15) is 0 Å². The van der Waals surface area contributed by atoms with E-state index in [1.54, 1.807) is 11.3 Å². The Balaban J connectivity index is 1.94. The third-order valence-corrected chi connectivity index (χ3v) is 4.44. The molecule has 0 unspecified atom stereocenters. The molecule has 0 amide bonds. The van der Waals surface area contributed by atoms with Gasteiger partial charge in [-0.3, -0.25) is 0 Å². The fourth-order valence-corrected chi connectivity index (χ4v) is 2.97. The van der Waals surface area contributed by atoms with Gasteiger partial charge in [-0.15, -0.1) is 11.3 Å². The zero-order valence-electron chi connectivity index (χ0n) is 9.34. The molecule has 0 atom stereocenters. The Hall–Kier alpha value is -0.330. The Bertz CT molecular complexity index is 513. The van der Waals surface area contributed by atoms with E-state index in [-0.39, 0.29) is 0 Å². The fraction of sp³-hybridized carbons (Fsp3) is 0.250. The van der Waals surface area contributed by atoms with Crippen molar-refractivity contribution in [3.8, 4) is 0 Å². The summed E-state index contributed by atoms with van der Waals surface area (Å²) in [6, 6.07) is 5.98. The molecule has 0 radical (unpaired) electrons. The first-order valence-corrected chi connectivity index (χ1v) is 7.58. The van der Waals surface area contributed by atoms with E-state index in [9.17, 15) is 0 Å². The van der Waals surface area contributed by atoms with Crippen LogP contribution in [0, 0.1) is 10.5 Å². The van der Waals surface area contributed by atoms with Crippen molar-refractivity contribution < 1.29 is 0 Å². The molecule has 2 nitrogen and oxygen atoms in total. The van der Waals surface area contributed by atoms with E-state index >= 15 is 0 Å². The van der Waals surface area contributed by atoms with Crippen molar-refractivity contribution in [3.63, 3.8) is 0 Å². The number of rotatable bonds is 4. The maximum atomic E-state index is 6.11. The van der Waals surface area contributed by atoms with Crippen LogP contribution in [0.1, 0.15) is 10.6 Å². The van der Waals surface area contributed by atoms with Crippen molar-refractivity contribution in [1.82, 2.24) is 4.98 Å². The molecule has 0 aliphatic rings. The third-order valence-electron chi connectivity index (χ3n) is 2.44. The lowest BCUT2D eigenvalue weighted by atomic mass is 10.3. The number of benzene rings is 1. The molecular formula is C12H12ClIN2S. The van der Waals surface area contributed by atoms with Crippen molar-refractivity contribution in [2.75, 3.05) is 11.9 Å². The highest BCUT2D eigenvalue weighted by atomic mass is 127. The molecule has 2 rings (SSSR count). The molecule has 0 bridgehead atoms. The molecule has 17 heavy (non-hydrogen) atoms. The monoisotopic (exact) mass is 378 g/mol. The number of hydrogen-bond acceptors (Lipinski definition) is 3. The quantitative estimate of drug-likeness (QED) is 0.799. The summed E-state index contributed by atoms with van der Waals surface area (Å²) >= 11 is 10.1. The van der Waals surface area contributed by atoms with Gasteiger partial charge in [0.05, 0.1) is 21.9 Å². The molecule has 1 aromatic carbocycles. The largest absolute Gasteiger partial charge is 0.383 e. The first kappa shape index (κ1) is 13.1. The normalized spacial score (nSPS) is 10.5. The molecule has 1 aromatic heterocycles. The van der Waals surface area contributed by atoms with Crippen LogP contribution >= 0.6 is 45.5 Å². The molecule has 1 N–H and O–H groups in total. The van der Waals surface area contributed by atoms with E-state index in [0.29, 0.717) is 0 Å². The number of hydrogen-bond donors (Lipinski definition) is 1. The minimum atomic E-state index is 0.770. The molecular weight excluding hydrogens is 367 g/mol. The summed E-state index contributed by atoms with van der Waals surface area (Å²) in [4.78, 5) is 5.57. The van der Waals surface area contributed by atoms with Gasteiger partial charge < -0.3 is 5.32 Å². The van der Waals surface area contributed by atoms with E-state index in [1.807, 2.05) is 24.6 Å². The zero-order valence-corrected chi connectivity index (χ0v) is 13.1. The number of anilines is 1. The average Bonchev–Trinajstić information content (AvgIpc) is 2.70. The summed E-state index contributed by atoms with van der Waals surface area (Å²) in [5.41, 5.74) is 4.02. The van der Waals surface area contributed by atoms with E-state index in [4.69, 9.17) is 11.6 Å². The van der Waals surface area contributed by atoms with Crippen molar-refractivity contribution in [2.45, 2.75) is 13.3 Å². The van der Waals surface area contributed by atoms with Gasteiger partial charge >= 0.3 is 0 Å². The van der Waals surface area contributed by atoms with E-state index in [1.165, 1.54) is 8.45 Å². The van der Waals surface area contributed by atoms with Crippen LogP contribution in [0.3, 0.4) is 0 Å². The number of halogens is 2. The second-order valence-electron chi connectivity index (χ2n) is 3.66. The Labute approximate surface area is 124 Å². The van der Waals surface area contributed by atoms with Crippen LogP contribution in [-0.2, 0) is 6.42 Å². The maximum absolute atomic E-state index is 6.11. The SMILES string of the molecule is Cc1ncsc1CCNc1cc(I)ccc1Cl. The minimum Gasteiger partial charge on any atom is -0.383 e. The zero-order chi connectivity index (χ0) is 12.3. The molecule has 1 heterocycles. The van der Waals surface area contributed by atoms with E-state index in [2.05, 4.69) is 39.0 Å². The van der Waals surface area contributed by atoms with Gasteiger partial charge in [0.25, 0.3) is 0 Å². The predicted molar refractivity (Wildman–Crippen MR) is 83.2 cm³/mol. The lowest BCUT2D eigenvalue weighted by molar-refractivity contribution is 1.02. The summed E-state index contributed by atoms with van der Waals surface area (Å²) in [6.07, 6.45) is 0.984. The van der Waals surface area contributed by atoms with Crippen LogP contribution in [0.5, 0.6) is 0 Å². The lowest BCUT2D eigenvalue weighted by Crippen LogP contribution is -2.05. The van der Waals surface area contributed by atoms with Gasteiger partial charge in [-0.25, -0.2) is 4.98 Å². The second-order valence-corrected chi connectivity index (χ2v) is 6.25. The van der Waals surface area contributed by atoms with Crippen LogP contribution in [0.25, 0.3) is 0 Å². The third kappa shape index (κ3) is 3.56. The summed E-state index contributed by atoms with van der Waals surface area (Å²) in [5.74, 6) is 0. The van der Waals surface area contributed by atoms with E-state index < -0.39 is 0 Å². The summed E-state index contributed by atoms with van der Waals surface area (Å²) in [6.45, 7) is 2.92. The topological polar surface area (TPSA) is 24.9 Å². The lowest BCUT2D eigenvalue weighted by Gasteiger charge is -2.08. The maximum Gasteiger partial charge on any atom is 0.0797 e. The first-order valence-electron chi connectivity index (χ1n) is 5.24. The Morgan fingerprint density at radius 2 is 2.29 bits per heavy atom. The number of nitrogens with zero attached hydrogens (tertiary/aromatic N) is 1. The number of thiazole rings is 1. The molecule has 0 saturated carbocycles. The molecule has 0 fully saturated rings. The highest BCUT2D eigenvalue weighted by Crippen LogP contribution is 2.24. The highest BCUT2D eigenvalue weighted by Gasteiger charge is 2.03. The fourth-order valence-electron chi connectivity index (χ4n) is 1.51. The average molecular weight is 379 g/mol. The Morgan fingerprint density at radius 3 is 3.00 bits per heavy atom. The molecule has 0 aliphatic heterocycles. The number of aryl methyl sites for hydroxylation is 1. The van der Waals surface area contributed by atoms with Crippen LogP contribution in [-0.4, -0.2) is 11.5 Å². The first-order chi connectivity index (χ1) is 8.16. The number of nitrogens with one attached hydrogen (secondary N) is 1. The van der Waals surface area contributed by atoms with Crippen molar-refractivity contribution >= 4 is 51.2 Å². The molecule has 0 aliphatic carbocycles. The van der Waals surface area contributed by atoms with Crippen LogP contribution in [0.2, 0.25) is 5.02 Å². The summed E-state index contributed by atoms with van der Waals surface area (Å²) in [5, 5.41) is 4.13. The molecule has 90 valence electrons. The summed E-state index contributed by atoms with van der Waals surface area (Å²) < 4.78 is 1.18. The Morgan fingerprint density at radius 1 is 1.47 bits per heavy atom. The van der Waals surface area contributed by atoms with Crippen LogP contribution in [0.4, 0.5) is 5.69 Å². The van der Waals surface area contributed by atoms with Gasteiger partial charge in [-0.1, -0.05) is 11.6 Å². The summed E-state index contributed by atoms with van der Waals surface area (Å²) in [7, 11) is 0. The second kappa shape index (κ2) is 6.02. The van der Waals surface area contributed by atoms with Crippen molar-refractivity contribution in [1.29, 1.82) is 0 Å². The minimum absolute atomic E-state index is 0.770. The Kier molecular flexibility index (Phi) is 4.64. The van der Waals surface area contributed by atoms with Gasteiger partial charge in [0.1, 0.15) is 0 Å². The molecule has 2 aromatic rings. The highest BCUT2D eigenvalue weighted by molar-refractivity contribution is 14.1. The smallest absolute Gasteiger partial charge is 0.0797 e. The predicted octanol–water partition coefficient (Wildman–Crippen LogP) is 4.36. The van der Waals surface area contributed by atoms with Crippen molar-refractivity contribution in [3.05, 3.63) is 42.9 Å². The molecule has 0 spiro atoms. The van der Waals surface area contributed by atoms with Gasteiger partial charge in [0.2, 0.25) is 0 Å². The van der Waals surface area contributed by atoms with Crippen molar-refractivity contribution in [2.24, 2.45) is 0 Å². The van der Waals surface area contributed by atoms with Gasteiger partial charge in [0.15, 0.2) is 0 Å². The van der Waals surface area contributed by atoms with E-state index in [0.717, 1.165) is 29.4 Å². The standard InChI is InChI=1S/C12H12ClIN2S/c1-8-12(17-7-16-8)4-5-15-11-6-9(14)2-3-10(11)13/h2-3,6-7,15H,4-5H2,1H3.